The average molecular weight is 296 g/mol. The summed E-state index contributed by atoms with van der Waals surface area (Å²) in [5, 5.41) is 14.8. The summed E-state index contributed by atoms with van der Waals surface area (Å²) in [5.74, 6) is -2.06. The zero-order valence-corrected chi connectivity index (χ0v) is 11.8. The van der Waals surface area contributed by atoms with E-state index in [9.17, 15) is 9.59 Å². The number of amides is 1. The molecule has 1 saturated carbocycles. The summed E-state index contributed by atoms with van der Waals surface area (Å²) in [6.07, 6.45) is 0.425. The van der Waals surface area contributed by atoms with E-state index < -0.39 is 17.8 Å². The first kappa shape index (κ1) is 14.1. The van der Waals surface area contributed by atoms with Crippen LogP contribution in [0.25, 0.3) is 0 Å². The lowest BCUT2D eigenvalue weighted by molar-refractivity contribution is -0.139. The average Bonchev–Trinajstić information content (AvgIpc) is 3.31. The van der Waals surface area contributed by atoms with Crippen molar-refractivity contribution in [2.45, 2.75) is 6.42 Å². The van der Waals surface area contributed by atoms with Gasteiger partial charge >= 0.3 is 5.97 Å². The number of aliphatic carboxylic acids is 1. The Hall–Kier alpha value is -2.82. The van der Waals surface area contributed by atoms with E-state index in [2.05, 4.69) is 10.6 Å². The summed E-state index contributed by atoms with van der Waals surface area (Å²) in [6.45, 7) is 0. The highest BCUT2D eigenvalue weighted by Crippen LogP contribution is 2.39. The summed E-state index contributed by atoms with van der Waals surface area (Å²) in [7, 11) is 0. The monoisotopic (exact) mass is 296 g/mol. The molecule has 5 heteroatoms. The first-order valence-electron chi connectivity index (χ1n) is 7.09. The molecular formula is C17H16N2O3. The van der Waals surface area contributed by atoms with Gasteiger partial charge in [0.2, 0.25) is 5.91 Å². The topological polar surface area (TPSA) is 78.4 Å². The number of rotatable bonds is 5. The maximum absolute atomic E-state index is 11.9. The van der Waals surface area contributed by atoms with Crippen molar-refractivity contribution in [2.24, 2.45) is 11.8 Å². The van der Waals surface area contributed by atoms with Gasteiger partial charge in [0.1, 0.15) is 0 Å². The lowest BCUT2D eigenvalue weighted by Crippen LogP contribution is -2.16. The van der Waals surface area contributed by atoms with Crippen molar-refractivity contribution in [3.05, 3.63) is 54.6 Å². The minimum atomic E-state index is -0.900. The van der Waals surface area contributed by atoms with Gasteiger partial charge in [0, 0.05) is 17.1 Å². The Kier molecular flexibility index (Phi) is 3.78. The van der Waals surface area contributed by atoms with Crippen LogP contribution in [0.5, 0.6) is 0 Å². The maximum atomic E-state index is 11.9. The lowest BCUT2D eigenvalue weighted by Gasteiger charge is -2.08. The SMILES string of the molecule is O=C(O)C1CC1C(=O)Nc1ccc(Nc2ccccc2)cc1. The van der Waals surface area contributed by atoms with Gasteiger partial charge in [-0.05, 0) is 42.8 Å². The molecule has 2 aromatic rings. The number of carboxylic acid groups (broad SMARTS) is 1. The molecule has 0 aliphatic heterocycles. The summed E-state index contributed by atoms with van der Waals surface area (Å²) in [5.41, 5.74) is 2.57. The highest BCUT2D eigenvalue weighted by molar-refractivity contribution is 5.98. The lowest BCUT2D eigenvalue weighted by atomic mass is 10.2. The number of benzene rings is 2. The van der Waals surface area contributed by atoms with Gasteiger partial charge in [0.05, 0.1) is 11.8 Å². The highest BCUT2D eigenvalue weighted by atomic mass is 16.4. The van der Waals surface area contributed by atoms with Crippen LogP contribution in [0.3, 0.4) is 0 Å². The summed E-state index contributed by atoms with van der Waals surface area (Å²) in [6, 6.07) is 17.1. The fraction of sp³-hybridized carbons (Fsp3) is 0.176. The molecule has 0 saturated heterocycles. The van der Waals surface area contributed by atoms with Gasteiger partial charge in [-0.2, -0.15) is 0 Å². The molecule has 3 N–H and O–H groups in total. The van der Waals surface area contributed by atoms with Crippen molar-refractivity contribution in [1.82, 2.24) is 0 Å². The third-order valence-corrected chi connectivity index (χ3v) is 3.66. The second-order valence-corrected chi connectivity index (χ2v) is 5.34. The fourth-order valence-electron chi connectivity index (χ4n) is 2.32. The molecule has 1 aliphatic carbocycles. The Morgan fingerprint density at radius 3 is 2.05 bits per heavy atom. The summed E-state index contributed by atoms with van der Waals surface area (Å²) in [4.78, 5) is 22.6. The van der Waals surface area contributed by atoms with Crippen molar-refractivity contribution in [3.63, 3.8) is 0 Å². The van der Waals surface area contributed by atoms with Crippen LogP contribution in [0.15, 0.2) is 54.6 Å². The number of anilines is 3. The predicted octanol–water partition coefficient (Wildman–Crippen LogP) is 3.09. The molecule has 22 heavy (non-hydrogen) atoms. The highest BCUT2D eigenvalue weighted by Gasteiger charge is 2.48. The van der Waals surface area contributed by atoms with Gasteiger partial charge in [-0.3, -0.25) is 9.59 Å². The zero-order chi connectivity index (χ0) is 15.5. The second-order valence-electron chi connectivity index (χ2n) is 5.34. The van der Waals surface area contributed by atoms with E-state index in [1.165, 1.54) is 0 Å². The van der Waals surface area contributed by atoms with Crippen molar-refractivity contribution in [3.8, 4) is 0 Å². The van der Waals surface area contributed by atoms with Gasteiger partial charge in [0.25, 0.3) is 0 Å². The normalized spacial score (nSPS) is 19.3. The third kappa shape index (κ3) is 3.25. The van der Waals surface area contributed by atoms with E-state index in [4.69, 9.17) is 5.11 Å². The molecule has 0 radical (unpaired) electrons. The van der Waals surface area contributed by atoms with E-state index >= 15 is 0 Å². The summed E-state index contributed by atoms with van der Waals surface area (Å²) < 4.78 is 0. The van der Waals surface area contributed by atoms with E-state index in [0.717, 1.165) is 11.4 Å². The van der Waals surface area contributed by atoms with Gasteiger partial charge in [-0.25, -0.2) is 0 Å². The Balaban J connectivity index is 1.58. The number of hydrogen-bond donors (Lipinski definition) is 3. The first-order valence-corrected chi connectivity index (χ1v) is 7.09. The van der Waals surface area contributed by atoms with E-state index in [-0.39, 0.29) is 5.91 Å². The van der Waals surface area contributed by atoms with Crippen LogP contribution in [0, 0.1) is 11.8 Å². The van der Waals surface area contributed by atoms with E-state index in [1.807, 2.05) is 42.5 Å². The Labute approximate surface area is 128 Å². The maximum Gasteiger partial charge on any atom is 0.307 e. The molecule has 0 heterocycles. The van der Waals surface area contributed by atoms with E-state index in [0.29, 0.717) is 12.1 Å². The molecule has 1 fully saturated rings. The van der Waals surface area contributed by atoms with Gasteiger partial charge < -0.3 is 15.7 Å². The Morgan fingerprint density at radius 1 is 0.864 bits per heavy atom. The van der Waals surface area contributed by atoms with Crippen molar-refractivity contribution >= 4 is 28.9 Å². The number of carbonyl (C=O) groups is 2. The number of para-hydroxylation sites is 1. The van der Waals surface area contributed by atoms with Crippen LogP contribution in [0.2, 0.25) is 0 Å². The number of nitrogens with one attached hydrogen (secondary N) is 2. The molecule has 0 spiro atoms. The molecule has 2 atom stereocenters. The molecule has 0 aromatic heterocycles. The molecule has 112 valence electrons. The Bertz CT molecular complexity index is 683. The smallest absolute Gasteiger partial charge is 0.307 e. The van der Waals surface area contributed by atoms with Crippen molar-refractivity contribution < 1.29 is 14.7 Å². The van der Waals surface area contributed by atoms with Gasteiger partial charge in [0.15, 0.2) is 0 Å². The number of hydrogen-bond acceptors (Lipinski definition) is 3. The molecule has 0 bridgehead atoms. The second kappa shape index (κ2) is 5.89. The first-order chi connectivity index (χ1) is 10.6. The largest absolute Gasteiger partial charge is 0.481 e. The number of carboxylic acids is 1. The molecule has 5 nitrogen and oxygen atoms in total. The fourth-order valence-corrected chi connectivity index (χ4v) is 2.32. The number of carbonyl (C=O) groups excluding carboxylic acids is 1. The minimum Gasteiger partial charge on any atom is -0.481 e. The zero-order valence-electron chi connectivity index (χ0n) is 11.8. The van der Waals surface area contributed by atoms with Crippen LogP contribution in [0.1, 0.15) is 6.42 Å². The van der Waals surface area contributed by atoms with Crippen LogP contribution in [-0.2, 0) is 9.59 Å². The van der Waals surface area contributed by atoms with Gasteiger partial charge in [-0.15, -0.1) is 0 Å². The van der Waals surface area contributed by atoms with Crippen molar-refractivity contribution in [2.75, 3.05) is 10.6 Å². The molecule has 1 aliphatic rings. The Morgan fingerprint density at radius 2 is 1.45 bits per heavy atom. The molecule has 3 rings (SSSR count). The molecule has 2 aromatic carbocycles. The third-order valence-electron chi connectivity index (χ3n) is 3.66. The van der Waals surface area contributed by atoms with E-state index in [1.54, 1.807) is 12.1 Å². The molecular weight excluding hydrogens is 280 g/mol. The van der Waals surface area contributed by atoms with Crippen LogP contribution in [-0.4, -0.2) is 17.0 Å². The summed E-state index contributed by atoms with van der Waals surface area (Å²) >= 11 is 0. The predicted molar refractivity (Wildman–Crippen MR) is 84.0 cm³/mol. The van der Waals surface area contributed by atoms with Gasteiger partial charge in [-0.1, -0.05) is 18.2 Å². The standard InChI is InChI=1S/C17H16N2O3/c20-16(14-10-15(14)17(21)22)19-13-8-6-12(7-9-13)18-11-4-2-1-3-5-11/h1-9,14-15,18H,10H2,(H,19,20)(H,21,22). The van der Waals surface area contributed by atoms with Crippen molar-refractivity contribution in [1.29, 1.82) is 0 Å². The minimum absolute atomic E-state index is 0.226. The quantitative estimate of drug-likeness (QED) is 0.792. The molecule has 2 unspecified atom stereocenters. The van der Waals surface area contributed by atoms with Crippen LogP contribution in [0.4, 0.5) is 17.1 Å². The molecule has 1 amide bonds. The van der Waals surface area contributed by atoms with Crippen LogP contribution >= 0.6 is 0 Å². The van der Waals surface area contributed by atoms with Crippen LogP contribution < -0.4 is 10.6 Å².